The highest BCUT2D eigenvalue weighted by Gasteiger charge is 2.05. The number of hydrogen-bond donors (Lipinski definition) is 1. The molecule has 1 aromatic heterocycles. The van der Waals surface area contributed by atoms with E-state index in [4.69, 9.17) is 10.5 Å². The van der Waals surface area contributed by atoms with Gasteiger partial charge in [-0.3, -0.25) is 0 Å². The van der Waals surface area contributed by atoms with E-state index in [0.29, 0.717) is 6.54 Å². The Labute approximate surface area is 132 Å². The first-order valence-electron chi connectivity index (χ1n) is 6.81. The maximum atomic E-state index is 5.73. The van der Waals surface area contributed by atoms with Crippen molar-refractivity contribution in [1.82, 2.24) is 4.57 Å². The number of fused-ring (bicyclic) bond motifs is 1. The smallest absolute Gasteiger partial charge is 0.133 e. The summed E-state index contributed by atoms with van der Waals surface area (Å²) in [4.78, 5) is 0. The van der Waals surface area contributed by atoms with E-state index in [9.17, 15) is 0 Å². The average molecular weight is 345 g/mol. The molecule has 0 aliphatic rings. The van der Waals surface area contributed by atoms with Gasteiger partial charge in [-0.1, -0.05) is 18.2 Å². The van der Waals surface area contributed by atoms with Gasteiger partial charge in [0.2, 0.25) is 0 Å². The van der Waals surface area contributed by atoms with Gasteiger partial charge in [0.05, 0.1) is 11.6 Å². The fraction of sp³-hybridized carbons (Fsp3) is 0.176. The molecule has 21 heavy (non-hydrogen) atoms. The second-order valence-corrected chi connectivity index (χ2v) is 5.86. The van der Waals surface area contributed by atoms with Crippen molar-refractivity contribution >= 4 is 26.8 Å². The summed E-state index contributed by atoms with van der Waals surface area (Å²) in [5.41, 5.74) is 9.32. The monoisotopic (exact) mass is 344 g/mol. The molecular weight excluding hydrogens is 328 g/mol. The van der Waals surface area contributed by atoms with Gasteiger partial charge >= 0.3 is 0 Å². The van der Waals surface area contributed by atoms with Crippen molar-refractivity contribution in [3.8, 4) is 5.75 Å². The molecule has 0 bridgehead atoms. The molecule has 0 amide bonds. The van der Waals surface area contributed by atoms with Crippen LogP contribution in [0.25, 0.3) is 10.9 Å². The quantitative estimate of drug-likeness (QED) is 0.779. The lowest BCUT2D eigenvalue weighted by atomic mass is 10.1. The molecule has 0 radical (unpaired) electrons. The number of nitrogens with two attached hydrogens (primary N) is 1. The van der Waals surface area contributed by atoms with E-state index in [1.54, 1.807) is 7.11 Å². The molecule has 0 atom stereocenters. The summed E-state index contributed by atoms with van der Waals surface area (Å²) in [6, 6.07) is 14.7. The summed E-state index contributed by atoms with van der Waals surface area (Å²) in [6.45, 7) is 1.38. The molecular formula is C17H17BrN2O. The summed E-state index contributed by atoms with van der Waals surface area (Å²) >= 11 is 3.53. The van der Waals surface area contributed by atoms with Crippen LogP contribution >= 0.6 is 15.9 Å². The minimum absolute atomic E-state index is 0.565. The summed E-state index contributed by atoms with van der Waals surface area (Å²) < 4.78 is 8.48. The van der Waals surface area contributed by atoms with Crippen LogP contribution in [0.5, 0.6) is 5.75 Å². The molecule has 1 heterocycles. The first-order chi connectivity index (χ1) is 10.2. The number of hydrogen-bond acceptors (Lipinski definition) is 2. The van der Waals surface area contributed by atoms with Gasteiger partial charge in [0, 0.05) is 24.8 Å². The Bertz CT molecular complexity index is 780. The normalized spacial score (nSPS) is 11.0. The first kappa shape index (κ1) is 14.2. The van der Waals surface area contributed by atoms with Crippen LogP contribution in [0.3, 0.4) is 0 Å². The van der Waals surface area contributed by atoms with Gasteiger partial charge in [-0.15, -0.1) is 0 Å². The van der Waals surface area contributed by atoms with Crippen LogP contribution < -0.4 is 10.5 Å². The molecule has 0 unspecified atom stereocenters. The summed E-state index contributed by atoms with van der Waals surface area (Å²) in [6.07, 6.45) is 2.11. The maximum Gasteiger partial charge on any atom is 0.133 e. The Balaban J connectivity index is 1.96. The van der Waals surface area contributed by atoms with Crippen LogP contribution in [0.15, 0.2) is 53.1 Å². The summed E-state index contributed by atoms with van der Waals surface area (Å²) in [7, 11) is 1.67. The second-order valence-electron chi connectivity index (χ2n) is 5.01. The van der Waals surface area contributed by atoms with Crippen LogP contribution in [0, 0.1) is 0 Å². The molecule has 4 heteroatoms. The van der Waals surface area contributed by atoms with Crippen LogP contribution in [0.1, 0.15) is 11.1 Å². The lowest BCUT2D eigenvalue weighted by molar-refractivity contribution is 0.412. The molecule has 2 aromatic carbocycles. The molecule has 0 spiro atoms. The number of methoxy groups -OCH3 is 1. The number of rotatable bonds is 4. The molecule has 2 N–H and O–H groups in total. The van der Waals surface area contributed by atoms with E-state index in [1.807, 2.05) is 6.07 Å². The number of ether oxygens (including phenoxy) is 1. The van der Waals surface area contributed by atoms with Gasteiger partial charge < -0.3 is 15.0 Å². The highest BCUT2D eigenvalue weighted by molar-refractivity contribution is 9.10. The third-order valence-electron chi connectivity index (χ3n) is 3.64. The molecule has 0 aliphatic heterocycles. The third-order valence-corrected chi connectivity index (χ3v) is 4.26. The topological polar surface area (TPSA) is 40.2 Å². The molecule has 3 nitrogen and oxygen atoms in total. The predicted octanol–water partition coefficient (Wildman–Crippen LogP) is 3.92. The second kappa shape index (κ2) is 5.92. The van der Waals surface area contributed by atoms with E-state index < -0.39 is 0 Å². The van der Waals surface area contributed by atoms with E-state index in [0.717, 1.165) is 22.3 Å². The van der Waals surface area contributed by atoms with Crippen LogP contribution in [0.2, 0.25) is 0 Å². The maximum absolute atomic E-state index is 5.73. The van der Waals surface area contributed by atoms with Crippen LogP contribution in [0.4, 0.5) is 0 Å². The summed E-state index contributed by atoms with van der Waals surface area (Å²) in [5, 5.41) is 1.24. The van der Waals surface area contributed by atoms with Crippen molar-refractivity contribution in [1.29, 1.82) is 0 Å². The lowest BCUT2D eigenvalue weighted by Crippen LogP contribution is -2.00. The Morgan fingerprint density at radius 2 is 1.90 bits per heavy atom. The van der Waals surface area contributed by atoms with Gasteiger partial charge in [-0.25, -0.2) is 0 Å². The lowest BCUT2D eigenvalue weighted by Gasteiger charge is -2.09. The average Bonchev–Trinajstić information content (AvgIpc) is 2.90. The van der Waals surface area contributed by atoms with Crippen molar-refractivity contribution < 1.29 is 4.74 Å². The summed E-state index contributed by atoms with van der Waals surface area (Å²) in [5.74, 6) is 0.849. The minimum Gasteiger partial charge on any atom is -0.496 e. The number of aromatic nitrogens is 1. The van der Waals surface area contributed by atoms with Crippen molar-refractivity contribution in [2.75, 3.05) is 7.11 Å². The van der Waals surface area contributed by atoms with Crippen molar-refractivity contribution in [3.05, 3.63) is 64.3 Å². The molecule has 3 rings (SSSR count). The molecule has 0 fully saturated rings. The minimum atomic E-state index is 0.565. The molecule has 108 valence electrons. The van der Waals surface area contributed by atoms with Crippen molar-refractivity contribution in [2.45, 2.75) is 13.1 Å². The fourth-order valence-electron chi connectivity index (χ4n) is 2.50. The zero-order valence-corrected chi connectivity index (χ0v) is 13.4. The number of nitrogens with zero attached hydrogens (tertiary/aromatic N) is 1. The standard InChI is InChI=1S/C17H17BrN2O/c1-21-17-5-3-13(8-15(17)18)11-20-7-6-14-4-2-12(10-19)9-16(14)20/h2-9H,10-11,19H2,1H3. The van der Waals surface area contributed by atoms with Crippen molar-refractivity contribution in [2.24, 2.45) is 5.73 Å². The van der Waals surface area contributed by atoms with E-state index >= 15 is 0 Å². The van der Waals surface area contributed by atoms with Crippen LogP contribution in [-0.2, 0) is 13.1 Å². The SMILES string of the molecule is COc1ccc(Cn2ccc3ccc(CN)cc32)cc1Br. The van der Waals surface area contributed by atoms with Gasteiger partial charge in [0.1, 0.15) is 5.75 Å². The molecule has 3 aromatic rings. The Morgan fingerprint density at radius 1 is 1.10 bits per heavy atom. The molecule has 0 saturated heterocycles. The van der Waals surface area contributed by atoms with Gasteiger partial charge in [0.25, 0.3) is 0 Å². The number of benzene rings is 2. The fourth-order valence-corrected chi connectivity index (χ4v) is 3.09. The highest BCUT2D eigenvalue weighted by atomic mass is 79.9. The van der Waals surface area contributed by atoms with Crippen LogP contribution in [-0.4, -0.2) is 11.7 Å². The highest BCUT2D eigenvalue weighted by Crippen LogP contribution is 2.26. The zero-order valence-electron chi connectivity index (χ0n) is 11.8. The van der Waals surface area contributed by atoms with E-state index in [2.05, 4.69) is 63.1 Å². The predicted molar refractivity (Wildman–Crippen MR) is 89.6 cm³/mol. The largest absolute Gasteiger partial charge is 0.496 e. The third kappa shape index (κ3) is 2.82. The van der Waals surface area contributed by atoms with E-state index in [-0.39, 0.29) is 0 Å². The van der Waals surface area contributed by atoms with Gasteiger partial charge in [-0.05, 0) is 56.7 Å². The molecule has 0 saturated carbocycles. The van der Waals surface area contributed by atoms with Gasteiger partial charge in [0.15, 0.2) is 0 Å². The Hall–Kier alpha value is -1.78. The first-order valence-corrected chi connectivity index (χ1v) is 7.61. The Kier molecular flexibility index (Phi) is 3.99. The van der Waals surface area contributed by atoms with E-state index in [1.165, 1.54) is 16.5 Å². The zero-order chi connectivity index (χ0) is 14.8. The molecule has 0 aliphatic carbocycles. The number of halogens is 1. The van der Waals surface area contributed by atoms with Gasteiger partial charge in [-0.2, -0.15) is 0 Å². The van der Waals surface area contributed by atoms with Crippen molar-refractivity contribution in [3.63, 3.8) is 0 Å². The Morgan fingerprint density at radius 3 is 2.62 bits per heavy atom.